The van der Waals surface area contributed by atoms with Crippen LogP contribution in [0.25, 0.3) is 0 Å². The predicted molar refractivity (Wildman–Crippen MR) is 72.7 cm³/mol. The van der Waals surface area contributed by atoms with Gasteiger partial charge in [0.1, 0.15) is 0 Å². The first-order valence-corrected chi connectivity index (χ1v) is 6.54. The minimum Gasteiger partial charge on any atom is -0.339 e. The molecule has 0 aromatic rings. The van der Waals surface area contributed by atoms with Gasteiger partial charge in [0.15, 0.2) is 0 Å². The zero-order valence-electron chi connectivity index (χ0n) is 11.6. The molecule has 5 nitrogen and oxygen atoms in total. The van der Waals surface area contributed by atoms with Gasteiger partial charge in [0, 0.05) is 32.2 Å². The summed E-state index contributed by atoms with van der Waals surface area (Å²) in [6.45, 7) is 10.4. The van der Waals surface area contributed by atoms with E-state index in [9.17, 15) is 0 Å². The molecule has 1 saturated heterocycles. The fourth-order valence-corrected chi connectivity index (χ4v) is 2.09. The van der Waals surface area contributed by atoms with Gasteiger partial charge >= 0.3 is 0 Å². The summed E-state index contributed by atoms with van der Waals surface area (Å²) in [6.07, 6.45) is 1.16. The number of likely N-dealkylation sites (N-methyl/N-ethyl adjacent to an activating group) is 1. The fraction of sp³-hybridized carbons (Fsp3) is 0.917. The lowest BCUT2D eigenvalue weighted by molar-refractivity contribution is 0.135. The van der Waals surface area contributed by atoms with Crippen LogP contribution in [0.1, 0.15) is 27.2 Å². The molecule has 1 fully saturated rings. The number of hydrogen-bond acceptors (Lipinski definition) is 3. The fourth-order valence-electron chi connectivity index (χ4n) is 2.09. The van der Waals surface area contributed by atoms with Crippen molar-refractivity contribution in [2.24, 2.45) is 16.8 Å². The van der Waals surface area contributed by atoms with Gasteiger partial charge in [0.2, 0.25) is 5.96 Å². The Kier molecular flexibility index (Phi) is 5.71. The molecule has 0 saturated carbocycles. The Morgan fingerprint density at radius 1 is 1.47 bits per heavy atom. The van der Waals surface area contributed by atoms with Crippen LogP contribution in [0, 0.1) is 5.92 Å². The van der Waals surface area contributed by atoms with E-state index in [-0.39, 0.29) is 0 Å². The molecule has 3 N–H and O–H groups in total. The van der Waals surface area contributed by atoms with E-state index in [4.69, 9.17) is 5.84 Å². The largest absolute Gasteiger partial charge is 0.339 e. The minimum absolute atomic E-state index is 0.563. The number of rotatable bonds is 3. The lowest BCUT2D eigenvalue weighted by atomic mass is 10.1. The lowest BCUT2D eigenvalue weighted by Gasteiger charge is -2.40. The van der Waals surface area contributed by atoms with Crippen molar-refractivity contribution in [3.63, 3.8) is 0 Å². The van der Waals surface area contributed by atoms with Crippen LogP contribution >= 0.6 is 0 Å². The van der Waals surface area contributed by atoms with Gasteiger partial charge in [-0.3, -0.25) is 15.3 Å². The number of nitrogens with two attached hydrogens (primary N) is 1. The number of hydrogen-bond donors (Lipinski definition) is 2. The maximum Gasteiger partial charge on any atom is 0.208 e. The first-order valence-electron chi connectivity index (χ1n) is 6.54. The van der Waals surface area contributed by atoms with Gasteiger partial charge in [0.25, 0.3) is 0 Å². The van der Waals surface area contributed by atoms with Gasteiger partial charge in [-0.25, -0.2) is 5.84 Å². The second-order valence-corrected chi connectivity index (χ2v) is 5.19. The minimum atomic E-state index is 0.563. The second kappa shape index (κ2) is 6.81. The van der Waals surface area contributed by atoms with E-state index >= 15 is 0 Å². The highest BCUT2D eigenvalue weighted by molar-refractivity contribution is 5.79. The molecule has 17 heavy (non-hydrogen) atoms. The van der Waals surface area contributed by atoms with Crippen LogP contribution in [-0.2, 0) is 0 Å². The molecule has 1 rings (SSSR count). The number of piperazine rings is 1. The molecule has 100 valence electrons. The molecular formula is C12H27N5. The Morgan fingerprint density at radius 2 is 2.18 bits per heavy atom. The van der Waals surface area contributed by atoms with Crippen molar-refractivity contribution in [3.05, 3.63) is 0 Å². The van der Waals surface area contributed by atoms with E-state index in [1.807, 2.05) is 0 Å². The number of aliphatic imine (C=N–C) groups is 1. The van der Waals surface area contributed by atoms with Crippen molar-refractivity contribution < 1.29 is 0 Å². The Bertz CT molecular complexity index is 251. The third kappa shape index (κ3) is 4.16. The van der Waals surface area contributed by atoms with Crippen LogP contribution in [0.5, 0.6) is 0 Å². The predicted octanol–water partition coefficient (Wildman–Crippen LogP) is 0.488. The molecule has 0 radical (unpaired) electrons. The van der Waals surface area contributed by atoms with Crippen molar-refractivity contribution in [2.45, 2.75) is 33.2 Å². The van der Waals surface area contributed by atoms with Crippen LogP contribution in [0.4, 0.5) is 0 Å². The molecule has 0 amide bonds. The summed E-state index contributed by atoms with van der Waals surface area (Å²) in [6, 6.07) is 0.598. The first-order chi connectivity index (χ1) is 8.08. The summed E-state index contributed by atoms with van der Waals surface area (Å²) in [4.78, 5) is 9.22. The summed E-state index contributed by atoms with van der Waals surface area (Å²) < 4.78 is 0. The van der Waals surface area contributed by atoms with Gasteiger partial charge in [-0.15, -0.1) is 0 Å². The quantitative estimate of drug-likeness (QED) is 0.327. The third-order valence-corrected chi connectivity index (χ3v) is 3.28. The Labute approximate surface area is 105 Å². The molecule has 5 heteroatoms. The van der Waals surface area contributed by atoms with E-state index < -0.39 is 0 Å². The van der Waals surface area contributed by atoms with Crippen LogP contribution in [-0.4, -0.2) is 55.0 Å². The maximum atomic E-state index is 5.58. The van der Waals surface area contributed by atoms with E-state index in [0.717, 1.165) is 38.6 Å². The van der Waals surface area contributed by atoms with E-state index in [1.165, 1.54) is 0 Å². The van der Waals surface area contributed by atoms with Gasteiger partial charge in [-0.05, 0) is 19.4 Å². The van der Waals surface area contributed by atoms with Crippen molar-refractivity contribution in [1.29, 1.82) is 0 Å². The van der Waals surface area contributed by atoms with Crippen LogP contribution in [0.2, 0.25) is 0 Å². The van der Waals surface area contributed by atoms with Crippen molar-refractivity contribution in [3.8, 4) is 0 Å². The van der Waals surface area contributed by atoms with Crippen molar-refractivity contribution in [1.82, 2.24) is 15.2 Å². The number of guanidine groups is 1. The van der Waals surface area contributed by atoms with Crippen LogP contribution in [0.15, 0.2) is 4.99 Å². The number of nitrogens with one attached hydrogen (secondary N) is 1. The Balaban J connectivity index is 2.60. The average Bonchev–Trinajstić information content (AvgIpc) is 2.31. The lowest BCUT2D eigenvalue weighted by Crippen LogP contribution is -2.57. The number of hydrazine groups is 1. The summed E-state index contributed by atoms with van der Waals surface area (Å²) >= 11 is 0. The molecule has 1 aliphatic rings. The number of nitrogens with zero attached hydrogens (tertiary/aromatic N) is 3. The zero-order valence-corrected chi connectivity index (χ0v) is 11.6. The third-order valence-electron chi connectivity index (χ3n) is 3.28. The summed E-state index contributed by atoms with van der Waals surface area (Å²) in [5, 5.41) is 0. The summed E-state index contributed by atoms with van der Waals surface area (Å²) in [5.41, 5.74) is 2.74. The highest BCUT2D eigenvalue weighted by Gasteiger charge is 2.24. The molecule has 1 atom stereocenters. The Morgan fingerprint density at radius 3 is 2.71 bits per heavy atom. The molecule has 1 heterocycles. The smallest absolute Gasteiger partial charge is 0.208 e. The van der Waals surface area contributed by atoms with Gasteiger partial charge < -0.3 is 4.90 Å². The van der Waals surface area contributed by atoms with Crippen LogP contribution < -0.4 is 11.3 Å². The average molecular weight is 241 g/mol. The van der Waals surface area contributed by atoms with Gasteiger partial charge in [-0.2, -0.15) is 0 Å². The van der Waals surface area contributed by atoms with Crippen molar-refractivity contribution >= 4 is 5.96 Å². The molecule has 0 aliphatic carbocycles. The van der Waals surface area contributed by atoms with Gasteiger partial charge in [-0.1, -0.05) is 20.8 Å². The standard InChI is InChI=1S/C12H27N5/c1-5-11-9-17(7-6-16(11)4)12(15-13)14-8-10(2)3/h10-11H,5-9,13H2,1-4H3,(H,14,15). The highest BCUT2D eigenvalue weighted by atomic mass is 15.4. The molecule has 1 unspecified atom stereocenters. The molecule has 1 aliphatic heterocycles. The van der Waals surface area contributed by atoms with E-state index in [0.29, 0.717) is 12.0 Å². The molecule has 0 aromatic carbocycles. The van der Waals surface area contributed by atoms with E-state index in [1.54, 1.807) is 0 Å². The van der Waals surface area contributed by atoms with Crippen LogP contribution in [0.3, 0.4) is 0 Å². The molecular weight excluding hydrogens is 214 g/mol. The summed E-state index contributed by atoms with van der Waals surface area (Å²) in [5.74, 6) is 6.98. The first kappa shape index (κ1) is 14.3. The summed E-state index contributed by atoms with van der Waals surface area (Å²) in [7, 11) is 2.19. The maximum absolute atomic E-state index is 5.58. The molecule has 0 aromatic heterocycles. The van der Waals surface area contributed by atoms with Crippen molar-refractivity contribution in [2.75, 3.05) is 33.2 Å². The molecule has 0 bridgehead atoms. The van der Waals surface area contributed by atoms with E-state index in [2.05, 4.69) is 48.0 Å². The highest BCUT2D eigenvalue weighted by Crippen LogP contribution is 2.10. The van der Waals surface area contributed by atoms with Gasteiger partial charge in [0.05, 0.1) is 0 Å². The topological polar surface area (TPSA) is 56.9 Å². The molecule has 0 spiro atoms. The second-order valence-electron chi connectivity index (χ2n) is 5.19. The normalized spacial score (nSPS) is 23.3. The Hall–Kier alpha value is -0.810. The monoisotopic (exact) mass is 241 g/mol. The SMILES string of the molecule is CCC1CN(C(=NCC(C)C)NN)CCN1C. The zero-order chi connectivity index (χ0) is 12.8.